The molecule has 5 fully saturated rings. The molecule has 5 aliphatic rings. The van der Waals surface area contributed by atoms with Crippen molar-refractivity contribution in [2.24, 2.45) is 28.6 Å². The van der Waals surface area contributed by atoms with E-state index in [1.54, 1.807) is 0 Å². The number of aliphatic carboxylic acids is 2. The van der Waals surface area contributed by atoms with Gasteiger partial charge in [-0.05, 0) is 81.7 Å². The molecule has 4 saturated carbocycles. The zero-order chi connectivity index (χ0) is 27.6. The van der Waals surface area contributed by atoms with Crippen LogP contribution in [0, 0.1) is 28.6 Å². The smallest absolute Gasteiger partial charge is 0.354 e. The summed E-state index contributed by atoms with van der Waals surface area (Å²) in [5.41, 5.74) is -1.69. The SMILES string of the molecule is C=C1C[C@H]2[C@@H]3CCC(=O)[C@@]3(C)CC[C@@H]2[C@@]2(C)CCC(N(OC3CCCN3C)/C(=C\C(=O)O)C(=O)O)C[C@]12O. The van der Waals surface area contributed by atoms with Crippen molar-refractivity contribution in [3.05, 3.63) is 23.9 Å². The first-order valence-corrected chi connectivity index (χ1v) is 14.1. The third-order valence-electron chi connectivity index (χ3n) is 11.2. The molecule has 0 bridgehead atoms. The summed E-state index contributed by atoms with van der Waals surface area (Å²) in [5, 5.41) is 33.1. The van der Waals surface area contributed by atoms with Gasteiger partial charge in [-0.25, -0.2) is 14.7 Å². The zero-order valence-corrected chi connectivity index (χ0v) is 22.8. The second kappa shape index (κ2) is 9.45. The molecule has 0 spiro atoms. The van der Waals surface area contributed by atoms with E-state index in [-0.39, 0.29) is 24.0 Å². The highest BCUT2D eigenvalue weighted by molar-refractivity contribution is 5.94. The third kappa shape index (κ3) is 4.04. The van der Waals surface area contributed by atoms with E-state index in [2.05, 4.69) is 20.4 Å². The molecule has 5 rings (SSSR count). The fourth-order valence-corrected chi connectivity index (χ4v) is 9.00. The summed E-state index contributed by atoms with van der Waals surface area (Å²) in [6.07, 6.45) is 7.22. The van der Waals surface area contributed by atoms with Gasteiger partial charge in [0.05, 0.1) is 17.7 Å². The molecule has 8 atom stereocenters. The molecular weight excluding hydrogens is 488 g/mol. The minimum atomic E-state index is -1.38. The first-order valence-electron chi connectivity index (χ1n) is 14.1. The lowest BCUT2D eigenvalue weighted by Gasteiger charge is -2.64. The molecule has 1 heterocycles. The van der Waals surface area contributed by atoms with E-state index in [4.69, 9.17) is 4.84 Å². The summed E-state index contributed by atoms with van der Waals surface area (Å²) in [6.45, 7) is 9.45. The maximum atomic E-state index is 12.8. The number of Topliss-reactive ketones (excluding diaryl/α,β-unsaturated/α-hetero) is 1. The molecular formula is C29H42N2O7. The zero-order valence-electron chi connectivity index (χ0n) is 22.8. The van der Waals surface area contributed by atoms with Crippen molar-refractivity contribution in [2.75, 3.05) is 13.6 Å². The number of carboxylic acid groups (broad SMARTS) is 2. The van der Waals surface area contributed by atoms with Gasteiger partial charge in [0.25, 0.3) is 0 Å². The lowest BCUT2D eigenvalue weighted by Crippen LogP contribution is -2.65. The predicted molar refractivity (Wildman–Crippen MR) is 138 cm³/mol. The van der Waals surface area contributed by atoms with E-state index < -0.39 is 34.7 Å². The van der Waals surface area contributed by atoms with Crippen molar-refractivity contribution in [3.63, 3.8) is 0 Å². The first-order chi connectivity index (χ1) is 17.8. The number of fused-ring (bicyclic) bond motifs is 5. The van der Waals surface area contributed by atoms with Gasteiger partial charge in [0.15, 0.2) is 5.70 Å². The second-order valence-corrected chi connectivity index (χ2v) is 13.0. The van der Waals surface area contributed by atoms with E-state index in [0.717, 1.165) is 37.8 Å². The number of carbonyl (C=O) groups excluding carboxylic acids is 1. The van der Waals surface area contributed by atoms with Gasteiger partial charge in [-0.3, -0.25) is 14.5 Å². The Morgan fingerprint density at radius 1 is 1.13 bits per heavy atom. The second-order valence-electron chi connectivity index (χ2n) is 13.0. The summed E-state index contributed by atoms with van der Waals surface area (Å²) in [7, 11) is 1.90. The van der Waals surface area contributed by atoms with Crippen LogP contribution in [0.25, 0.3) is 0 Å². The Morgan fingerprint density at radius 3 is 2.50 bits per heavy atom. The van der Waals surface area contributed by atoms with Gasteiger partial charge in [-0.2, -0.15) is 0 Å². The topological polar surface area (TPSA) is 128 Å². The van der Waals surface area contributed by atoms with E-state index in [0.29, 0.717) is 55.8 Å². The predicted octanol–water partition coefficient (Wildman–Crippen LogP) is 3.59. The van der Waals surface area contributed by atoms with Crippen LogP contribution < -0.4 is 0 Å². The average Bonchev–Trinajstić information content (AvgIpc) is 3.39. The van der Waals surface area contributed by atoms with Crippen molar-refractivity contribution < 1.29 is 34.5 Å². The van der Waals surface area contributed by atoms with Crippen LogP contribution in [0.2, 0.25) is 0 Å². The summed E-state index contributed by atoms with van der Waals surface area (Å²) >= 11 is 0. The highest BCUT2D eigenvalue weighted by Crippen LogP contribution is 2.67. The number of hydroxylamine groups is 2. The molecule has 0 amide bonds. The fourth-order valence-electron chi connectivity index (χ4n) is 9.00. The van der Waals surface area contributed by atoms with E-state index in [9.17, 15) is 29.7 Å². The van der Waals surface area contributed by atoms with Crippen LogP contribution in [-0.4, -0.2) is 74.5 Å². The van der Waals surface area contributed by atoms with Crippen molar-refractivity contribution in [1.29, 1.82) is 0 Å². The maximum absolute atomic E-state index is 12.8. The quantitative estimate of drug-likeness (QED) is 0.268. The minimum absolute atomic E-state index is 0.215. The highest BCUT2D eigenvalue weighted by Gasteiger charge is 2.66. The molecule has 3 N–H and O–H groups in total. The van der Waals surface area contributed by atoms with Gasteiger partial charge < -0.3 is 15.3 Å². The number of hydrogen-bond acceptors (Lipinski definition) is 7. The molecule has 0 radical (unpaired) electrons. The van der Waals surface area contributed by atoms with Gasteiger partial charge in [-0.15, -0.1) is 0 Å². The molecule has 9 nitrogen and oxygen atoms in total. The van der Waals surface area contributed by atoms with Crippen LogP contribution in [0.15, 0.2) is 23.9 Å². The third-order valence-corrected chi connectivity index (χ3v) is 11.2. The molecule has 1 aliphatic heterocycles. The maximum Gasteiger partial charge on any atom is 0.354 e. The largest absolute Gasteiger partial charge is 0.478 e. The Kier molecular flexibility index (Phi) is 6.80. The molecule has 0 aromatic rings. The number of rotatable bonds is 6. The van der Waals surface area contributed by atoms with Crippen LogP contribution in [0.3, 0.4) is 0 Å². The van der Waals surface area contributed by atoms with Gasteiger partial charge in [-0.1, -0.05) is 20.4 Å². The summed E-state index contributed by atoms with van der Waals surface area (Å²) in [4.78, 5) is 44.8. The monoisotopic (exact) mass is 530 g/mol. The van der Waals surface area contributed by atoms with Gasteiger partial charge in [0.1, 0.15) is 12.0 Å². The van der Waals surface area contributed by atoms with Crippen molar-refractivity contribution in [2.45, 2.75) is 95.9 Å². The number of likely N-dealkylation sites (tertiary alicyclic amines) is 1. The molecule has 0 aromatic heterocycles. The standard InChI is InChI=1S/C29H42N2O7/c1-17-14-19-20-7-8-23(32)27(20,2)11-10-21(19)28(3)12-9-18(16-29(17,28)37)31(22(26(35)36)15-25(33)34)38-24-6-5-13-30(24)4/h15,18-21,24,37H,1,5-14,16H2,2-4H3,(H,33,34)(H,35,36)/b22-15-/t18?,19-,20-,21-,24?,27-,28+,29-/m0/s1. The normalized spacial score (nSPS) is 43.4. The molecule has 2 unspecified atom stereocenters. The first kappa shape index (κ1) is 27.3. The average molecular weight is 531 g/mol. The molecule has 210 valence electrons. The number of nitrogens with zero attached hydrogens (tertiary/aromatic N) is 2. The van der Waals surface area contributed by atoms with Gasteiger partial charge >= 0.3 is 11.9 Å². The number of ketones is 1. The Balaban J connectivity index is 1.46. The minimum Gasteiger partial charge on any atom is -0.478 e. The van der Waals surface area contributed by atoms with Crippen LogP contribution in [0.1, 0.15) is 78.1 Å². The van der Waals surface area contributed by atoms with Crippen molar-refractivity contribution >= 4 is 17.7 Å². The number of aliphatic hydroxyl groups is 1. The van der Waals surface area contributed by atoms with Crippen molar-refractivity contribution in [3.8, 4) is 0 Å². The van der Waals surface area contributed by atoms with Crippen LogP contribution in [0.5, 0.6) is 0 Å². The van der Waals surface area contributed by atoms with Crippen LogP contribution in [0.4, 0.5) is 0 Å². The Morgan fingerprint density at radius 2 is 1.87 bits per heavy atom. The summed E-state index contributed by atoms with van der Waals surface area (Å²) < 4.78 is 0. The van der Waals surface area contributed by atoms with E-state index in [1.807, 2.05) is 11.9 Å². The molecule has 9 heteroatoms. The lowest BCUT2D eigenvalue weighted by atomic mass is 9.42. The summed E-state index contributed by atoms with van der Waals surface area (Å²) in [5.74, 6) is -1.52. The van der Waals surface area contributed by atoms with Gasteiger partial charge in [0, 0.05) is 30.2 Å². The molecule has 4 aliphatic carbocycles. The Bertz CT molecular complexity index is 1070. The van der Waals surface area contributed by atoms with E-state index >= 15 is 0 Å². The van der Waals surface area contributed by atoms with Crippen LogP contribution >= 0.6 is 0 Å². The van der Waals surface area contributed by atoms with E-state index in [1.165, 1.54) is 5.06 Å². The fraction of sp³-hybridized carbons (Fsp3) is 0.759. The lowest BCUT2D eigenvalue weighted by molar-refractivity contribution is -0.257. The van der Waals surface area contributed by atoms with Crippen molar-refractivity contribution in [1.82, 2.24) is 9.96 Å². The highest BCUT2D eigenvalue weighted by atomic mass is 16.7. The number of carboxylic acids is 2. The number of carbonyl (C=O) groups is 3. The van der Waals surface area contributed by atoms with Gasteiger partial charge in [0.2, 0.25) is 0 Å². The Hall–Kier alpha value is -2.23. The number of hydrogen-bond donors (Lipinski definition) is 3. The van der Waals surface area contributed by atoms with Crippen LogP contribution in [-0.2, 0) is 19.2 Å². The summed E-state index contributed by atoms with van der Waals surface area (Å²) in [6, 6.07) is -0.529. The Labute approximate surface area is 224 Å². The molecule has 0 aromatic carbocycles. The molecule has 1 saturated heterocycles. The molecule has 38 heavy (non-hydrogen) atoms.